The van der Waals surface area contributed by atoms with Gasteiger partial charge in [0.1, 0.15) is 0 Å². The maximum absolute atomic E-state index is 12.4. The van der Waals surface area contributed by atoms with Crippen molar-refractivity contribution in [1.29, 1.82) is 0 Å². The Hall–Kier alpha value is -0.330. The van der Waals surface area contributed by atoms with Gasteiger partial charge in [-0.1, -0.05) is 13.8 Å². The van der Waals surface area contributed by atoms with Crippen molar-refractivity contribution in [3.63, 3.8) is 0 Å². The quantitative estimate of drug-likeness (QED) is 0.810. The van der Waals surface area contributed by atoms with E-state index in [1.165, 1.54) is 4.90 Å². The van der Waals surface area contributed by atoms with Gasteiger partial charge in [-0.3, -0.25) is 4.90 Å². The molecule has 2 unspecified atom stereocenters. The average Bonchev–Trinajstić information content (AvgIpc) is 2.44. The molecule has 0 amide bonds. The van der Waals surface area contributed by atoms with Crippen LogP contribution < -0.4 is 5.73 Å². The van der Waals surface area contributed by atoms with Gasteiger partial charge in [0.2, 0.25) is 0 Å². The second-order valence-electron chi connectivity index (χ2n) is 5.10. The molecule has 3 nitrogen and oxygen atoms in total. The Morgan fingerprint density at radius 1 is 1.47 bits per heavy atom. The van der Waals surface area contributed by atoms with Crippen molar-refractivity contribution < 1.29 is 17.9 Å². The number of rotatable bonds is 5. The van der Waals surface area contributed by atoms with E-state index in [-0.39, 0.29) is 11.5 Å². The Bertz CT molecular complexity index is 247. The molecular weight excluding hydrogens is 233 g/mol. The van der Waals surface area contributed by atoms with Crippen LogP contribution in [0.25, 0.3) is 0 Å². The lowest BCUT2D eigenvalue weighted by Crippen LogP contribution is -2.49. The Morgan fingerprint density at radius 2 is 2.12 bits per heavy atom. The standard InChI is InChI=1S/C11H21F3N2O/c1-3-4-16(7-11(12,13)14)6-10(2)8-17-5-9(10)15/h9H,3-8,15H2,1-2H3. The van der Waals surface area contributed by atoms with Gasteiger partial charge in [0.05, 0.1) is 19.8 Å². The number of nitrogens with zero attached hydrogens (tertiary/aromatic N) is 1. The Kier molecular flexibility index (Phi) is 4.80. The van der Waals surface area contributed by atoms with Crippen LogP contribution in [0.15, 0.2) is 0 Å². The van der Waals surface area contributed by atoms with Crippen LogP contribution >= 0.6 is 0 Å². The van der Waals surface area contributed by atoms with Crippen molar-refractivity contribution in [3.05, 3.63) is 0 Å². The zero-order valence-electron chi connectivity index (χ0n) is 10.4. The number of nitrogens with two attached hydrogens (primary N) is 1. The van der Waals surface area contributed by atoms with Gasteiger partial charge in [0, 0.05) is 18.0 Å². The minimum absolute atomic E-state index is 0.185. The van der Waals surface area contributed by atoms with E-state index in [9.17, 15) is 13.2 Å². The van der Waals surface area contributed by atoms with Crippen LogP contribution in [0.5, 0.6) is 0 Å². The molecule has 1 aliphatic heterocycles. The fourth-order valence-corrected chi connectivity index (χ4v) is 2.18. The first-order chi connectivity index (χ1) is 7.77. The van der Waals surface area contributed by atoms with Crippen LogP contribution in [0, 0.1) is 5.41 Å². The molecule has 1 rings (SSSR count). The van der Waals surface area contributed by atoms with Crippen molar-refractivity contribution in [1.82, 2.24) is 4.90 Å². The monoisotopic (exact) mass is 254 g/mol. The molecule has 0 aromatic carbocycles. The van der Waals surface area contributed by atoms with Gasteiger partial charge >= 0.3 is 6.18 Å². The van der Waals surface area contributed by atoms with Gasteiger partial charge in [0.15, 0.2) is 0 Å². The van der Waals surface area contributed by atoms with Gasteiger partial charge in [-0.25, -0.2) is 0 Å². The number of hydrogen-bond acceptors (Lipinski definition) is 3. The van der Waals surface area contributed by atoms with Crippen LogP contribution in [0.3, 0.4) is 0 Å². The van der Waals surface area contributed by atoms with E-state index in [2.05, 4.69) is 0 Å². The van der Waals surface area contributed by atoms with Crippen LogP contribution in [-0.4, -0.2) is 50.0 Å². The van der Waals surface area contributed by atoms with E-state index in [4.69, 9.17) is 10.5 Å². The largest absolute Gasteiger partial charge is 0.401 e. The maximum Gasteiger partial charge on any atom is 0.401 e. The summed E-state index contributed by atoms with van der Waals surface area (Å²) in [6.45, 7) is 4.53. The van der Waals surface area contributed by atoms with Crippen LogP contribution in [0.1, 0.15) is 20.3 Å². The third-order valence-electron chi connectivity index (χ3n) is 3.15. The summed E-state index contributed by atoms with van der Waals surface area (Å²) in [7, 11) is 0. The van der Waals surface area contributed by atoms with Crippen molar-refractivity contribution in [2.75, 3.05) is 32.8 Å². The van der Waals surface area contributed by atoms with Crippen LogP contribution in [0.4, 0.5) is 13.2 Å². The highest BCUT2D eigenvalue weighted by Gasteiger charge is 2.41. The van der Waals surface area contributed by atoms with Crippen molar-refractivity contribution in [2.24, 2.45) is 11.1 Å². The SMILES string of the molecule is CCCN(CC(F)(F)F)CC1(C)COCC1N. The molecule has 102 valence electrons. The van der Waals surface area contributed by atoms with Crippen LogP contribution in [0.2, 0.25) is 0 Å². The van der Waals surface area contributed by atoms with E-state index >= 15 is 0 Å². The zero-order valence-corrected chi connectivity index (χ0v) is 10.4. The molecule has 2 atom stereocenters. The minimum Gasteiger partial charge on any atom is -0.379 e. The third kappa shape index (κ3) is 4.44. The van der Waals surface area contributed by atoms with Crippen molar-refractivity contribution >= 4 is 0 Å². The molecule has 0 spiro atoms. The first-order valence-corrected chi connectivity index (χ1v) is 5.89. The van der Waals surface area contributed by atoms with E-state index < -0.39 is 12.7 Å². The summed E-state index contributed by atoms with van der Waals surface area (Å²) >= 11 is 0. The molecule has 2 N–H and O–H groups in total. The smallest absolute Gasteiger partial charge is 0.379 e. The van der Waals surface area contributed by atoms with E-state index in [1.807, 2.05) is 13.8 Å². The summed E-state index contributed by atoms with van der Waals surface area (Å²) in [5, 5.41) is 0. The second kappa shape index (κ2) is 5.54. The maximum atomic E-state index is 12.4. The summed E-state index contributed by atoms with van der Waals surface area (Å²) in [5.41, 5.74) is 5.51. The number of hydrogen-bond donors (Lipinski definition) is 1. The van der Waals surface area contributed by atoms with Gasteiger partial charge in [-0.2, -0.15) is 13.2 Å². The van der Waals surface area contributed by atoms with E-state index in [0.29, 0.717) is 32.7 Å². The highest BCUT2D eigenvalue weighted by atomic mass is 19.4. The summed E-state index contributed by atoms with van der Waals surface area (Å²) in [6.07, 6.45) is -3.46. The highest BCUT2D eigenvalue weighted by Crippen LogP contribution is 2.29. The summed E-state index contributed by atoms with van der Waals surface area (Å²) in [4.78, 5) is 1.43. The van der Waals surface area contributed by atoms with E-state index in [0.717, 1.165) is 0 Å². The predicted molar refractivity (Wildman–Crippen MR) is 59.7 cm³/mol. The van der Waals surface area contributed by atoms with Crippen molar-refractivity contribution in [3.8, 4) is 0 Å². The first kappa shape index (κ1) is 14.7. The molecule has 17 heavy (non-hydrogen) atoms. The van der Waals surface area contributed by atoms with Gasteiger partial charge in [0.25, 0.3) is 0 Å². The summed E-state index contributed by atoms with van der Waals surface area (Å²) < 4.78 is 42.5. The van der Waals surface area contributed by atoms with Crippen LogP contribution in [-0.2, 0) is 4.74 Å². The summed E-state index contributed by atoms with van der Waals surface area (Å²) in [5.74, 6) is 0. The first-order valence-electron chi connectivity index (χ1n) is 5.89. The Labute approximate surface area is 100 Å². The topological polar surface area (TPSA) is 38.5 Å². The van der Waals surface area contributed by atoms with Gasteiger partial charge < -0.3 is 10.5 Å². The normalized spacial score (nSPS) is 30.2. The average molecular weight is 254 g/mol. The lowest BCUT2D eigenvalue weighted by Gasteiger charge is -2.34. The molecule has 1 heterocycles. The fraction of sp³-hybridized carbons (Fsp3) is 1.00. The van der Waals surface area contributed by atoms with Gasteiger partial charge in [-0.05, 0) is 13.0 Å². The molecule has 0 radical (unpaired) electrons. The molecule has 0 aliphatic carbocycles. The Balaban J connectivity index is 2.59. The molecule has 0 saturated carbocycles. The lowest BCUT2D eigenvalue weighted by molar-refractivity contribution is -0.149. The molecule has 0 aromatic rings. The molecule has 1 aliphatic rings. The fourth-order valence-electron chi connectivity index (χ4n) is 2.18. The molecular formula is C11H21F3N2O. The number of alkyl halides is 3. The van der Waals surface area contributed by atoms with Crippen molar-refractivity contribution in [2.45, 2.75) is 32.5 Å². The molecule has 6 heteroatoms. The van der Waals surface area contributed by atoms with E-state index in [1.54, 1.807) is 0 Å². The molecule has 0 bridgehead atoms. The molecule has 0 aromatic heterocycles. The highest BCUT2D eigenvalue weighted by molar-refractivity contribution is 4.92. The lowest BCUT2D eigenvalue weighted by atomic mass is 9.85. The van der Waals surface area contributed by atoms with Gasteiger partial charge in [-0.15, -0.1) is 0 Å². The second-order valence-corrected chi connectivity index (χ2v) is 5.10. The third-order valence-corrected chi connectivity index (χ3v) is 3.15. The molecule has 1 fully saturated rings. The number of ether oxygens (including phenoxy) is 1. The summed E-state index contributed by atoms with van der Waals surface area (Å²) in [6, 6.07) is -0.185. The number of halogens is 3. The Morgan fingerprint density at radius 3 is 2.53 bits per heavy atom. The minimum atomic E-state index is -4.16. The zero-order chi connectivity index (χ0) is 13.1. The predicted octanol–water partition coefficient (Wildman–Crippen LogP) is 1.62. The molecule has 1 saturated heterocycles.